The number of methoxy groups -OCH3 is 1. The van der Waals surface area contributed by atoms with Crippen LogP contribution in [-0.4, -0.2) is 50.3 Å². The van der Waals surface area contributed by atoms with Crippen molar-refractivity contribution in [3.05, 3.63) is 41.3 Å². The molecule has 2 aromatic rings. The highest BCUT2D eigenvalue weighted by atomic mass is 32.1. The van der Waals surface area contributed by atoms with E-state index in [1.165, 1.54) is 11.3 Å². The zero-order valence-electron chi connectivity index (χ0n) is 15.1. The van der Waals surface area contributed by atoms with Crippen LogP contribution in [0.2, 0.25) is 0 Å². The summed E-state index contributed by atoms with van der Waals surface area (Å²) in [6.07, 6.45) is 2.86. The molecule has 1 amide bonds. The highest BCUT2D eigenvalue weighted by Gasteiger charge is 2.27. The van der Waals surface area contributed by atoms with Crippen LogP contribution in [-0.2, 0) is 4.74 Å². The molecule has 0 aliphatic carbocycles. The van der Waals surface area contributed by atoms with Crippen molar-refractivity contribution in [2.75, 3.05) is 33.4 Å². The maximum Gasteiger partial charge on any atom is 0.267 e. The first kappa shape index (κ1) is 18.9. The van der Waals surface area contributed by atoms with Crippen molar-refractivity contribution >= 4 is 17.2 Å². The first-order valence-electron chi connectivity index (χ1n) is 9.07. The molecular weight excluding hydrogens is 348 g/mol. The van der Waals surface area contributed by atoms with E-state index >= 15 is 0 Å². The molecule has 0 saturated carbocycles. The number of piperidine rings is 1. The lowest BCUT2D eigenvalue weighted by molar-refractivity contribution is 0.00852. The fourth-order valence-electron chi connectivity index (χ4n) is 3.12. The maximum absolute atomic E-state index is 13.0. The van der Waals surface area contributed by atoms with Gasteiger partial charge in [-0.2, -0.15) is 0 Å². The number of carbonyl (C=O) groups excluding carboxylic acids is 1. The van der Waals surface area contributed by atoms with Gasteiger partial charge in [-0.3, -0.25) is 4.79 Å². The number of thiophene rings is 1. The molecule has 1 saturated heterocycles. The summed E-state index contributed by atoms with van der Waals surface area (Å²) < 4.78 is 11.3. The van der Waals surface area contributed by atoms with E-state index in [9.17, 15) is 4.79 Å². The van der Waals surface area contributed by atoms with Gasteiger partial charge in [0.1, 0.15) is 10.6 Å². The zero-order valence-corrected chi connectivity index (χ0v) is 16.0. The van der Waals surface area contributed by atoms with Crippen molar-refractivity contribution in [3.8, 4) is 16.2 Å². The van der Waals surface area contributed by atoms with Gasteiger partial charge in [0.25, 0.3) is 5.91 Å². The van der Waals surface area contributed by atoms with E-state index in [4.69, 9.17) is 15.2 Å². The van der Waals surface area contributed by atoms with Crippen molar-refractivity contribution in [1.29, 1.82) is 0 Å². The largest absolute Gasteiger partial charge is 0.495 e. The Hall–Kier alpha value is -1.89. The molecular formula is C20H26N2O3S. The number of hydrogen-bond acceptors (Lipinski definition) is 5. The third-order valence-corrected chi connectivity index (χ3v) is 5.76. The third-order valence-electron chi connectivity index (χ3n) is 4.60. The van der Waals surface area contributed by atoms with E-state index in [1.807, 2.05) is 41.3 Å². The average molecular weight is 375 g/mol. The molecule has 3 rings (SSSR count). The fraction of sp³-hybridized carbons (Fsp3) is 0.450. The van der Waals surface area contributed by atoms with E-state index < -0.39 is 0 Å². The third kappa shape index (κ3) is 4.44. The minimum Gasteiger partial charge on any atom is -0.495 e. The number of carbonyl (C=O) groups is 1. The predicted molar refractivity (Wildman–Crippen MR) is 105 cm³/mol. The molecule has 5 nitrogen and oxygen atoms in total. The summed E-state index contributed by atoms with van der Waals surface area (Å²) in [6.45, 7) is 2.79. The monoisotopic (exact) mass is 374 g/mol. The maximum atomic E-state index is 13.0. The van der Waals surface area contributed by atoms with Gasteiger partial charge in [0.15, 0.2) is 0 Å². The molecule has 26 heavy (non-hydrogen) atoms. The Morgan fingerprint density at radius 2 is 2.00 bits per heavy atom. The Bertz CT molecular complexity index is 709. The van der Waals surface area contributed by atoms with Gasteiger partial charge in [0.2, 0.25) is 0 Å². The zero-order chi connectivity index (χ0) is 18.4. The topological polar surface area (TPSA) is 64.8 Å². The molecule has 0 atom stereocenters. The summed E-state index contributed by atoms with van der Waals surface area (Å²) in [5.74, 6) is 0.703. The summed E-state index contributed by atoms with van der Waals surface area (Å²) in [5.41, 5.74) is 6.60. The summed E-state index contributed by atoms with van der Waals surface area (Å²) >= 11 is 1.50. The van der Waals surface area contributed by atoms with Crippen LogP contribution < -0.4 is 10.5 Å². The molecule has 1 aromatic carbocycles. The van der Waals surface area contributed by atoms with E-state index in [1.54, 1.807) is 7.11 Å². The van der Waals surface area contributed by atoms with Crippen molar-refractivity contribution in [3.63, 3.8) is 0 Å². The molecule has 1 aromatic heterocycles. The molecule has 0 spiro atoms. The van der Waals surface area contributed by atoms with Crippen LogP contribution in [0.1, 0.15) is 28.9 Å². The standard InChI is InChI=1S/C20H26N2O3S/c1-24-17-14-18(15-6-3-2-4-7-15)26-19(17)20(23)22-11-8-16(9-12-22)25-13-5-10-21/h2-4,6-7,14,16H,5,8-13,21H2,1H3. The molecule has 6 heteroatoms. The van der Waals surface area contributed by atoms with Gasteiger partial charge in [-0.15, -0.1) is 11.3 Å². The summed E-state index contributed by atoms with van der Waals surface area (Å²) in [7, 11) is 1.62. The van der Waals surface area contributed by atoms with Gasteiger partial charge in [-0.25, -0.2) is 0 Å². The van der Waals surface area contributed by atoms with Crippen LogP contribution in [0, 0.1) is 0 Å². The lowest BCUT2D eigenvalue weighted by Crippen LogP contribution is -2.40. The number of rotatable bonds is 7. The van der Waals surface area contributed by atoms with Gasteiger partial charge in [-0.1, -0.05) is 30.3 Å². The van der Waals surface area contributed by atoms with E-state index in [0.29, 0.717) is 36.9 Å². The molecule has 1 fully saturated rings. The van der Waals surface area contributed by atoms with E-state index in [0.717, 1.165) is 29.7 Å². The van der Waals surface area contributed by atoms with E-state index in [2.05, 4.69) is 0 Å². The predicted octanol–water partition coefficient (Wildman–Crippen LogP) is 3.39. The molecule has 0 bridgehead atoms. The summed E-state index contributed by atoms with van der Waals surface area (Å²) in [5, 5.41) is 0. The van der Waals surface area contributed by atoms with Crippen molar-refractivity contribution in [2.45, 2.75) is 25.4 Å². The Morgan fingerprint density at radius 1 is 1.27 bits per heavy atom. The highest BCUT2D eigenvalue weighted by Crippen LogP contribution is 2.37. The minimum absolute atomic E-state index is 0.0504. The normalized spacial score (nSPS) is 15.2. The highest BCUT2D eigenvalue weighted by molar-refractivity contribution is 7.17. The minimum atomic E-state index is 0.0504. The summed E-state index contributed by atoms with van der Waals surface area (Å²) in [6, 6.07) is 12.0. The van der Waals surface area contributed by atoms with Crippen molar-refractivity contribution in [1.82, 2.24) is 4.90 Å². The second-order valence-corrected chi connectivity index (χ2v) is 7.43. The Labute approximate surface area is 158 Å². The molecule has 2 N–H and O–H groups in total. The summed E-state index contributed by atoms with van der Waals surface area (Å²) in [4.78, 5) is 16.6. The van der Waals surface area contributed by atoms with Gasteiger partial charge < -0.3 is 20.1 Å². The molecule has 1 aliphatic rings. The number of amides is 1. The van der Waals surface area contributed by atoms with Gasteiger partial charge >= 0.3 is 0 Å². The van der Waals surface area contributed by atoms with E-state index in [-0.39, 0.29) is 12.0 Å². The van der Waals surface area contributed by atoms with Gasteiger partial charge in [0.05, 0.1) is 13.2 Å². The first-order chi connectivity index (χ1) is 12.7. The number of nitrogens with two attached hydrogens (primary N) is 1. The molecule has 0 radical (unpaired) electrons. The van der Waals surface area contributed by atoms with Crippen LogP contribution in [0.25, 0.3) is 10.4 Å². The fourth-order valence-corrected chi connectivity index (χ4v) is 4.22. The lowest BCUT2D eigenvalue weighted by Gasteiger charge is -2.31. The van der Waals surface area contributed by atoms with Gasteiger partial charge in [0, 0.05) is 24.6 Å². The average Bonchev–Trinajstić information content (AvgIpc) is 3.13. The quantitative estimate of drug-likeness (QED) is 0.755. The number of ether oxygens (including phenoxy) is 2. The molecule has 0 unspecified atom stereocenters. The number of likely N-dealkylation sites (tertiary alicyclic amines) is 1. The second kappa shape index (κ2) is 9.16. The molecule has 1 aliphatic heterocycles. The number of hydrogen-bond donors (Lipinski definition) is 1. The van der Waals surface area contributed by atoms with Crippen molar-refractivity contribution < 1.29 is 14.3 Å². The molecule has 2 heterocycles. The number of benzene rings is 1. The van der Waals surface area contributed by atoms with Crippen LogP contribution in [0.3, 0.4) is 0 Å². The second-order valence-electron chi connectivity index (χ2n) is 6.38. The Morgan fingerprint density at radius 3 is 2.65 bits per heavy atom. The van der Waals surface area contributed by atoms with Crippen LogP contribution in [0.4, 0.5) is 0 Å². The van der Waals surface area contributed by atoms with Crippen LogP contribution in [0.5, 0.6) is 5.75 Å². The van der Waals surface area contributed by atoms with Crippen LogP contribution in [0.15, 0.2) is 36.4 Å². The number of nitrogens with zero attached hydrogens (tertiary/aromatic N) is 1. The van der Waals surface area contributed by atoms with Gasteiger partial charge in [-0.05, 0) is 37.4 Å². The smallest absolute Gasteiger partial charge is 0.267 e. The lowest BCUT2D eigenvalue weighted by atomic mass is 10.1. The van der Waals surface area contributed by atoms with Crippen LogP contribution >= 0.6 is 11.3 Å². The Kier molecular flexibility index (Phi) is 6.66. The molecule has 140 valence electrons. The van der Waals surface area contributed by atoms with Crippen molar-refractivity contribution in [2.24, 2.45) is 5.73 Å². The first-order valence-corrected chi connectivity index (χ1v) is 9.88. The Balaban J connectivity index is 1.66. The SMILES string of the molecule is COc1cc(-c2ccccc2)sc1C(=O)N1CCC(OCCCN)CC1.